The molecule has 2 rings (SSSR count). The molecule has 2 unspecified atom stereocenters. The zero-order valence-corrected chi connectivity index (χ0v) is 10.9. The van der Waals surface area contributed by atoms with Gasteiger partial charge in [0.25, 0.3) is 0 Å². The monoisotopic (exact) mass is 226 g/mol. The average molecular weight is 226 g/mol. The fourth-order valence-electron chi connectivity index (χ4n) is 2.51. The molecule has 0 spiro atoms. The summed E-state index contributed by atoms with van der Waals surface area (Å²) in [7, 11) is 1.82. The molecule has 1 saturated heterocycles. The summed E-state index contributed by atoms with van der Waals surface area (Å²) in [5, 5.41) is 3.57. The molecule has 1 saturated carbocycles. The van der Waals surface area contributed by atoms with Crippen molar-refractivity contribution in [3.05, 3.63) is 0 Å². The van der Waals surface area contributed by atoms with Crippen LogP contribution in [0.15, 0.2) is 0 Å². The molecule has 0 radical (unpaired) electrons. The molecule has 94 valence electrons. The van der Waals surface area contributed by atoms with Gasteiger partial charge in [0.2, 0.25) is 0 Å². The van der Waals surface area contributed by atoms with Crippen LogP contribution in [-0.4, -0.2) is 49.8 Å². The first-order valence-corrected chi connectivity index (χ1v) is 6.69. The van der Waals surface area contributed by atoms with Crippen LogP contribution < -0.4 is 5.32 Å². The van der Waals surface area contributed by atoms with Crippen LogP contribution in [0.3, 0.4) is 0 Å². The van der Waals surface area contributed by atoms with Gasteiger partial charge in [-0.15, -0.1) is 0 Å². The Hall–Kier alpha value is -0.120. The van der Waals surface area contributed by atoms with Gasteiger partial charge < -0.3 is 10.1 Å². The standard InChI is InChI=1S/C13H26N2O/c1-10(2)15(8-11-4-5-11)9-12-6-13(16-3)7-14-12/h10-14H,4-9H2,1-3H3. The van der Waals surface area contributed by atoms with Gasteiger partial charge in [-0.2, -0.15) is 0 Å². The van der Waals surface area contributed by atoms with E-state index in [4.69, 9.17) is 4.74 Å². The van der Waals surface area contributed by atoms with E-state index in [0.29, 0.717) is 18.2 Å². The zero-order valence-electron chi connectivity index (χ0n) is 10.9. The Morgan fingerprint density at radius 3 is 2.56 bits per heavy atom. The highest BCUT2D eigenvalue weighted by atomic mass is 16.5. The second kappa shape index (κ2) is 5.48. The Morgan fingerprint density at radius 2 is 2.06 bits per heavy atom. The second-order valence-electron chi connectivity index (χ2n) is 5.69. The Balaban J connectivity index is 1.76. The molecule has 2 fully saturated rings. The lowest BCUT2D eigenvalue weighted by molar-refractivity contribution is 0.114. The predicted octanol–water partition coefficient (Wildman–Crippen LogP) is 1.48. The quantitative estimate of drug-likeness (QED) is 0.742. The summed E-state index contributed by atoms with van der Waals surface area (Å²) in [5.41, 5.74) is 0. The molecule has 1 aliphatic heterocycles. The molecule has 3 nitrogen and oxygen atoms in total. The van der Waals surface area contributed by atoms with Gasteiger partial charge >= 0.3 is 0 Å². The third-order valence-electron chi connectivity index (χ3n) is 3.89. The number of methoxy groups -OCH3 is 1. The van der Waals surface area contributed by atoms with Crippen molar-refractivity contribution in [1.29, 1.82) is 0 Å². The molecule has 1 heterocycles. The van der Waals surface area contributed by atoms with Crippen molar-refractivity contribution in [3.63, 3.8) is 0 Å². The van der Waals surface area contributed by atoms with Crippen molar-refractivity contribution < 1.29 is 4.74 Å². The van der Waals surface area contributed by atoms with Crippen molar-refractivity contribution in [1.82, 2.24) is 10.2 Å². The molecular formula is C13H26N2O. The second-order valence-corrected chi connectivity index (χ2v) is 5.69. The molecule has 1 aliphatic carbocycles. The lowest BCUT2D eigenvalue weighted by Crippen LogP contribution is -2.42. The Morgan fingerprint density at radius 1 is 1.31 bits per heavy atom. The SMILES string of the molecule is COC1CNC(CN(CC2CC2)C(C)C)C1. The summed E-state index contributed by atoms with van der Waals surface area (Å²) in [6.45, 7) is 8.13. The molecule has 0 aromatic rings. The lowest BCUT2D eigenvalue weighted by atomic mass is 10.1. The van der Waals surface area contributed by atoms with Crippen LogP contribution in [0.4, 0.5) is 0 Å². The van der Waals surface area contributed by atoms with Gasteiger partial charge in [-0.25, -0.2) is 0 Å². The molecule has 3 heteroatoms. The summed E-state index contributed by atoms with van der Waals surface area (Å²) >= 11 is 0. The van der Waals surface area contributed by atoms with Gasteiger partial charge in [-0.3, -0.25) is 4.90 Å². The van der Waals surface area contributed by atoms with E-state index in [9.17, 15) is 0 Å². The number of hydrogen-bond acceptors (Lipinski definition) is 3. The molecule has 2 atom stereocenters. The zero-order chi connectivity index (χ0) is 11.5. The first-order chi connectivity index (χ1) is 7.69. The van der Waals surface area contributed by atoms with Crippen LogP contribution in [0.25, 0.3) is 0 Å². The molecular weight excluding hydrogens is 200 g/mol. The number of nitrogens with one attached hydrogen (secondary N) is 1. The smallest absolute Gasteiger partial charge is 0.0711 e. The van der Waals surface area contributed by atoms with E-state index >= 15 is 0 Å². The summed E-state index contributed by atoms with van der Waals surface area (Å²) in [6.07, 6.45) is 4.49. The largest absolute Gasteiger partial charge is 0.380 e. The predicted molar refractivity (Wildman–Crippen MR) is 66.6 cm³/mol. The normalized spacial score (nSPS) is 30.6. The van der Waals surface area contributed by atoms with E-state index in [1.165, 1.54) is 32.4 Å². The summed E-state index contributed by atoms with van der Waals surface area (Å²) in [5.74, 6) is 0.988. The van der Waals surface area contributed by atoms with E-state index in [0.717, 1.165) is 12.5 Å². The van der Waals surface area contributed by atoms with Crippen molar-refractivity contribution in [2.24, 2.45) is 5.92 Å². The van der Waals surface area contributed by atoms with Gasteiger partial charge in [-0.05, 0) is 39.0 Å². The van der Waals surface area contributed by atoms with Crippen LogP contribution in [-0.2, 0) is 4.74 Å². The van der Waals surface area contributed by atoms with E-state index in [-0.39, 0.29) is 0 Å². The van der Waals surface area contributed by atoms with Crippen LogP contribution in [0.2, 0.25) is 0 Å². The van der Waals surface area contributed by atoms with Crippen LogP contribution in [0, 0.1) is 5.92 Å². The third kappa shape index (κ3) is 3.44. The van der Waals surface area contributed by atoms with Gasteiger partial charge in [0.1, 0.15) is 0 Å². The van der Waals surface area contributed by atoms with Crippen molar-refractivity contribution >= 4 is 0 Å². The minimum Gasteiger partial charge on any atom is -0.380 e. The van der Waals surface area contributed by atoms with Gasteiger partial charge in [0, 0.05) is 38.8 Å². The molecule has 0 bridgehead atoms. The molecule has 0 aromatic carbocycles. The van der Waals surface area contributed by atoms with Crippen molar-refractivity contribution in [2.75, 3.05) is 26.7 Å². The molecule has 0 aromatic heterocycles. The molecule has 1 N–H and O–H groups in total. The minimum absolute atomic E-state index is 0.430. The number of ether oxygens (including phenoxy) is 1. The number of hydrogen-bond donors (Lipinski definition) is 1. The van der Waals surface area contributed by atoms with Crippen LogP contribution in [0.1, 0.15) is 33.1 Å². The summed E-state index contributed by atoms with van der Waals surface area (Å²) < 4.78 is 5.40. The van der Waals surface area contributed by atoms with E-state index in [1.54, 1.807) is 0 Å². The van der Waals surface area contributed by atoms with E-state index < -0.39 is 0 Å². The van der Waals surface area contributed by atoms with Crippen LogP contribution >= 0.6 is 0 Å². The highest BCUT2D eigenvalue weighted by molar-refractivity contribution is 4.87. The maximum Gasteiger partial charge on any atom is 0.0711 e. The van der Waals surface area contributed by atoms with Gasteiger partial charge in [0.05, 0.1) is 6.10 Å². The van der Waals surface area contributed by atoms with Crippen molar-refractivity contribution in [2.45, 2.75) is 51.3 Å². The fraction of sp³-hybridized carbons (Fsp3) is 1.00. The number of rotatable bonds is 6. The maximum atomic E-state index is 5.40. The number of nitrogens with zero attached hydrogens (tertiary/aromatic N) is 1. The highest BCUT2D eigenvalue weighted by Crippen LogP contribution is 2.30. The topological polar surface area (TPSA) is 24.5 Å². The van der Waals surface area contributed by atoms with Crippen molar-refractivity contribution in [3.8, 4) is 0 Å². The average Bonchev–Trinajstić information content (AvgIpc) is 2.95. The van der Waals surface area contributed by atoms with E-state index in [2.05, 4.69) is 24.1 Å². The summed E-state index contributed by atoms with van der Waals surface area (Å²) in [6, 6.07) is 1.30. The Labute approximate surface area is 99.5 Å². The Kier molecular flexibility index (Phi) is 4.22. The lowest BCUT2D eigenvalue weighted by Gasteiger charge is -2.29. The van der Waals surface area contributed by atoms with Gasteiger partial charge in [-0.1, -0.05) is 0 Å². The minimum atomic E-state index is 0.430. The molecule has 16 heavy (non-hydrogen) atoms. The fourth-order valence-corrected chi connectivity index (χ4v) is 2.51. The molecule has 0 amide bonds. The Bertz CT molecular complexity index is 216. The maximum absolute atomic E-state index is 5.40. The summed E-state index contributed by atoms with van der Waals surface area (Å²) in [4.78, 5) is 2.63. The van der Waals surface area contributed by atoms with Crippen LogP contribution in [0.5, 0.6) is 0 Å². The highest BCUT2D eigenvalue weighted by Gasteiger charge is 2.29. The van der Waals surface area contributed by atoms with Gasteiger partial charge in [0.15, 0.2) is 0 Å². The third-order valence-corrected chi connectivity index (χ3v) is 3.89. The first kappa shape index (κ1) is 12.3. The van der Waals surface area contributed by atoms with E-state index in [1.807, 2.05) is 7.11 Å². The first-order valence-electron chi connectivity index (χ1n) is 6.69. The molecule has 2 aliphatic rings.